The molecule has 1 aromatic rings. The van der Waals surface area contributed by atoms with E-state index in [1.807, 2.05) is 0 Å². The fourth-order valence-corrected chi connectivity index (χ4v) is 4.01. The number of fused-ring (bicyclic) bond motifs is 1. The van der Waals surface area contributed by atoms with Crippen molar-refractivity contribution in [2.75, 3.05) is 5.75 Å². The van der Waals surface area contributed by atoms with Gasteiger partial charge in [-0.05, 0) is 25.7 Å². The van der Waals surface area contributed by atoms with Gasteiger partial charge in [0, 0.05) is 19.0 Å². The molecule has 0 aromatic carbocycles. The molecule has 0 radical (unpaired) electrons. The molecule has 2 heterocycles. The number of hydrogen-bond acceptors (Lipinski definition) is 4. The Balaban J connectivity index is 1.50. The van der Waals surface area contributed by atoms with Crippen LogP contribution in [-0.4, -0.2) is 32.5 Å². The third-order valence-electron chi connectivity index (χ3n) is 4.38. The number of rotatable bonds is 4. The van der Waals surface area contributed by atoms with Crippen molar-refractivity contribution in [2.45, 2.75) is 75.5 Å². The Morgan fingerprint density at radius 1 is 1.14 bits per heavy atom. The maximum absolute atomic E-state index is 12.1. The van der Waals surface area contributed by atoms with E-state index in [0.29, 0.717) is 11.8 Å². The summed E-state index contributed by atoms with van der Waals surface area (Å²) in [5.41, 5.74) is 0. The summed E-state index contributed by atoms with van der Waals surface area (Å²) in [6.45, 7) is 0.995. The summed E-state index contributed by atoms with van der Waals surface area (Å²) in [6.07, 6.45) is 10.7. The summed E-state index contributed by atoms with van der Waals surface area (Å²) >= 11 is 1.52. The van der Waals surface area contributed by atoms with E-state index in [4.69, 9.17) is 0 Å². The van der Waals surface area contributed by atoms with Crippen LogP contribution in [-0.2, 0) is 17.8 Å². The molecular weight excluding hydrogens is 284 g/mol. The molecule has 1 aliphatic carbocycles. The smallest absolute Gasteiger partial charge is 0.230 e. The molecule has 116 valence electrons. The Morgan fingerprint density at radius 2 is 1.95 bits per heavy atom. The average Bonchev–Trinajstić information content (AvgIpc) is 2.73. The lowest BCUT2D eigenvalue weighted by molar-refractivity contribution is -0.119. The van der Waals surface area contributed by atoms with Gasteiger partial charge in [-0.3, -0.25) is 4.79 Å². The van der Waals surface area contributed by atoms with Gasteiger partial charge in [-0.25, -0.2) is 0 Å². The molecule has 0 spiro atoms. The molecule has 6 heteroatoms. The number of carbonyl (C=O) groups is 1. The zero-order valence-electron chi connectivity index (χ0n) is 12.5. The van der Waals surface area contributed by atoms with Gasteiger partial charge in [0.05, 0.1) is 5.75 Å². The number of thioether (sulfide) groups is 1. The van der Waals surface area contributed by atoms with Crippen LogP contribution in [0.15, 0.2) is 5.16 Å². The zero-order chi connectivity index (χ0) is 14.5. The lowest BCUT2D eigenvalue weighted by Crippen LogP contribution is -2.37. The van der Waals surface area contributed by atoms with Crippen molar-refractivity contribution in [2.24, 2.45) is 0 Å². The van der Waals surface area contributed by atoms with Crippen LogP contribution in [0, 0.1) is 0 Å². The largest absolute Gasteiger partial charge is 0.353 e. The number of nitrogens with one attached hydrogen (secondary N) is 1. The molecule has 0 unspecified atom stereocenters. The zero-order valence-corrected chi connectivity index (χ0v) is 13.3. The van der Waals surface area contributed by atoms with Gasteiger partial charge >= 0.3 is 0 Å². The second kappa shape index (κ2) is 7.29. The lowest BCUT2D eigenvalue weighted by Gasteiger charge is -2.22. The maximum Gasteiger partial charge on any atom is 0.230 e. The lowest BCUT2D eigenvalue weighted by atomic mass is 9.95. The summed E-state index contributed by atoms with van der Waals surface area (Å²) in [4.78, 5) is 12.1. The predicted molar refractivity (Wildman–Crippen MR) is 83.3 cm³/mol. The van der Waals surface area contributed by atoms with Crippen LogP contribution in [0.5, 0.6) is 0 Å². The van der Waals surface area contributed by atoms with Gasteiger partial charge < -0.3 is 9.88 Å². The van der Waals surface area contributed by atoms with Crippen molar-refractivity contribution in [3.63, 3.8) is 0 Å². The Bertz CT molecular complexity index is 482. The normalized spacial score (nSPS) is 19.8. The highest BCUT2D eigenvalue weighted by Crippen LogP contribution is 2.22. The quantitative estimate of drug-likeness (QED) is 0.868. The Labute approximate surface area is 130 Å². The molecular formula is C15H24N4OS. The fourth-order valence-electron chi connectivity index (χ4n) is 3.21. The van der Waals surface area contributed by atoms with Gasteiger partial charge in [-0.2, -0.15) is 0 Å². The second-order valence-electron chi connectivity index (χ2n) is 6.05. The Hall–Kier alpha value is -1.04. The molecule has 1 aromatic heterocycles. The highest BCUT2D eigenvalue weighted by atomic mass is 32.2. The molecule has 1 saturated carbocycles. The highest BCUT2D eigenvalue weighted by Gasteiger charge is 2.18. The summed E-state index contributed by atoms with van der Waals surface area (Å²) in [5, 5.41) is 12.6. The van der Waals surface area contributed by atoms with Crippen molar-refractivity contribution < 1.29 is 4.79 Å². The Morgan fingerprint density at radius 3 is 2.81 bits per heavy atom. The standard InChI is InChI=1S/C15H24N4OS/c20-14(16-12-7-3-1-4-8-12)11-21-15-18-17-13-9-5-2-6-10-19(13)15/h12H,1-11H2,(H,16,20). The molecule has 5 nitrogen and oxygen atoms in total. The number of nitrogens with zero attached hydrogens (tertiary/aromatic N) is 3. The first-order valence-corrected chi connectivity index (χ1v) is 9.16. The van der Waals surface area contributed by atoms with Crippen LogP contribution in [0.1, 0.15) is 57.2 Å². The van der Waals surface area contributed by atoms with Crippen molar-refractivity contribution in [1.29, 1.82) is 0 Å². The van der Waals surface area contributed by atoms with Crippen molar-refractivity contribution in [3.05, 3.63) is 5.82 Å². The van der Waals surface area contributed by atoms with Crippen LogP contribution in [0.2, 0.25) is 0 Å². The van der Waals surface area contributed by atoms with E-state index >= 15 is 0 Å². The summed E-state index contributed by atoms with van der Waals surface area (Å²) in [5.74, 6) is 1.68. The molecule has 0 atom stereocenters. The third kappa shape index (κ3) is 3.99. The van der Waals surface area contributed by atoms with E-state index in [9.17, 15) is 4.79 Å². The molecule has 1 fully saturated rings. The summed E-state index contributed by atoms with van der Waals surface area (Å²) in [6, 6.07) is 0.391. The summed E-state index contributed by atoms with van der Waals surface area (Å²) < 4.78 is 2.20. The van der Waals surface area contributed by atoms with E-state index < -0.39 is 0 Å². The van der Waals surface area contributed by atoms with Gasteiger partial charge in [0.1, 0.15) is 5.82 Å². The second-order valence-corrected chi connectivity index (χ2v) is 6.99. The maximum atomic E-state index is 12.1. The van der Waals surface area contributed by atoms with E-state index in [1.54, 1.807) is 0 Å². The number of aromatic nitrogens is 3. The van der Waals surface area contributed by atoms with Gasteiger partial charge in [0.25, 0.3) is 0 Å². The molecule has 1 aliphatic heterocycles. The van der Waals surface area contributed by atoms with Crippen molar-refractivity contribution in [3.8, 4) is 0 Å². The van der Waals surface area contributed by atoms with Crippen molar-refractivity contribution in [1.82, 2.24) is 20.1 Å². The predicted octanol–water partition coefficient (Wildman–Crippen LogP) is 2.55. The van der Waals surface area contributed by atoms with E-state index in [2.05, 4.69) is 20.1 Å². The van der Waals surface area contributed by atoms with Gasteiger partial charge in [0.15, 0.2) is 5.16 Å². The minimum atomic E-state index is 0.137. The Kier molecular flexibility index (Phi) is 5.17. The summed E-state index contributed by atoms with van der Waals surface area (Å²) in [7, 11) is 0. The first kappa shape index (κ1) is 14.9. The monoisotopic (exact) mass is 308 g/mol. The molecule has 21 heavy (non-hydrogen) atoms. The SMILES string of the molecule is O=C(CSc1nnc2n1CCCCC2)NC1CCCCC1. The first-order valence-electron chi connectivity index (χ1n) is 8.17. The minimum absolute atomic E-state index is 0.137. The number of aryl methyl sites for hydroxylation is 1. The van der Waals surface area contributed by atoms with E-state index in [-0.39, 0.29) is 5.91 Å². The molecule has 0 bridgehead atoms. The molecule has 2 aliphatic rings. The fraction of sp³-hybridized carbons (Fsp3) is 0.800. The number of amides is 1. The van der Waals surface area contributed by atoms with Crippen LogP contribution in [0.3, 0.4) is 0 Å². The van der Waals surface area contributed by atoms with Crippen molar-refractivity contribution >= 4 is 17.7 Å². The van der Waals surface area contributed by atoms with Gasteiger partial charge in [-0.1, -0.05) is 37.4 Å². The van der Waals surface area contributed by atoms with Crippen LogP contribution in [0.4, 0.5) is 0 Å². The average molecular weight is 308 g/mol. The van der Waals surface area contributed by atoms with Gasteiger partial charge in [0.2, 0.25) is 5.91 Å². The van der Waals surface area contributed by atoms with E-state index in [1.165, 1.54) is 50.3 Å². The van der Waals surface area contributed by atoms with Crippen LogP contribution < -0.4 is 5.32 Å². The third-order valence-corrected chi connectivity index (χ3v) is 5.34. The number of carbonyl (C=O) groups excluding carboxylic acids is 1. The van der Waals surface area contributed by atoms with E-state index in [0.717, 1.165) is 36.8 Å². The van der Waals surface area contributed by atoms with Crippen LogP contribution >= 0.6 is 11.8 Å². The van der Waals surface area contributed by atoms with Crippen LogP contribution in [0.25, 0.3) is 0 Å². The molecule has 3 rings (SSSR count). The van der Waals surface area contributed by atoms with Gasteiger partial charge in [-0.15, -0.1) is 10.2 Å². The molecule has 0 saturated heterocycles. The topological polar surface area (TPSA) is 59.8 Å². The minimum Gasteiger partial charge on any atom is -0.353 e. The molecule has 1 amide bonds. The molecule has 1 N–H and O–H groups in total. The number of hydrogen-bond donors (Lipinski definition) is 1. The highest BCUT2D eigenvalue weighted by molar-refractivity contribution is 7.99. The first-order chi connectivity index (χ1) is 10.3.